The molecule has 2 aromatic heterocycles. The Balaban J connectivity index is 1.10. The zero-order valence-corrected chi connectivity index (χ0v) is 45.1. The van der Waals surface area contributed by atoms with Crippen LogP contribution in [0.1, 0.15) is 96.6 Å². The topological polar surface area (TPSA) is 168 Å². The van der Waals surface area contributed by atoms with Crippen LogP contribution >= 0.6 is 0 Å². The highest BCUT2D eigenvalue weighted by atomic mass is 16.5. The SMILES string of the molecule is CCn1c(-c2cccnc2[C@H](C)OC)c2c3cc(ccc31)-c1cccc(c1)C[C@H](NC(=O)C(C(C)C)N(C)C(=O)[C@H]1CCN(C(=O)C#CC3(N(C)C)CCOCC3)C1)C(=O)N1CCC[C@H](N1)C(=O)OCC(C)(C)C2. The molecular formula is C58H76N8O8. The Morgan fingerprint density at radius 3 is 2.46 bits per heavy atom. The molecule has 5 atom stereocenters. The van der Waals surface area contributed by atoms with Crippen molar-refractivity contribution in [3.8, 4) is 34.2 Å². The number of nitrogens with zero attached hydrogens (tertiary/aromatic N) is 6. The number of methoxy groups -OCH3 is 1. The van der Waals surface area contributed by atoms with Crippen LogP contribution in [0.2, 0.25) is 0 Å². The van der Waals surface area contributed by atoms with Crippen molar-refractivity contribution in [3.05, 3.63) is 77.6 Å². The van der Waals surface area contributed by atoms with E-state index in [2.05, 4.69) is 84.3 Å². The predicted octanol–water partition coefficient (Wildman–Crippen LogP) is 6.19. The quantitative estimate of drug-likeness (QED) is 0.137. The second kappa shape index (κ2) is 22.8. The van der Waals surface area contributed by atoms with Crippen molar-refractivity contribution in [3.63, 3.8) is 0 Å². The van der Waals surface area contributed by atoms with E-state index in [1.54, 1.807) is 25.3 Å². The van der Waals surface area contributed by atoms with E-state index in [-0.39, 0.29) is 43.4 Å². The number of hydrogen-bond donors (Lipinski definition) is 2. The number of pyridine rings is 1. The van der Waals surface area contributed by atoms with Crippen molar-refractivity contribution < 1.29 is 38.2 Å². The summed E-state index contributed by atoms with van der Waals surface area (Å²) in [7, 11) is 7.24. The molecule has 8 rings (SSSR count). The van der Waals surface area contributed by atoms with Gasteiger partial charge in [-0.05, 0) is 112 Å². The zero-order chi connectivity index (χ0) is 53.1. The lowest BCUT2D eigenvalue weighted by Gasteiger charge is -2.38. The first kappa shape index (κ1) is 54.2. The minimum absolute atomic E-state index is 0.130. The van der Waals surface area contributed by atoms with Gasteiger partial charge >= 0.3 is 5.97 Å². The molecular weight excluding hydrogens is 937 g/mol. The molecule has 16 nitrogen and oxygen atoms in total. The molecule has 4 aliphatic rings. The van der Waals surface area contributed by atoms with Crippen LogP contribution in [0.5, 0.6) is 0 Å². The van der Waals surface area contributed by atoms with Gasteiger partial charge in [0.25, 0.3) is 11.8 Å². The highest BCUT2D eigenvalue weighted by Gasteiger charge is 2.41. The Kier molecular flexibility index (Phi) is 16.7. The number of nitrogens with one attached hydrogen (secondary N) is 2. The standard InChI is InChI=1S/C58H76N8O8/c1-11-65-48-20-19-41-33-44(48)45(52(65)43-17-13-26-59-50(43)38(4)72-10)34-57(5,6)36-74-56(71)46-18-14-27-66(61-46)55(70)47(32-39-15-12-16-40(41)31-39)60-53(68)51(37(2)3)63(9)54(69)42-22-28-64(35-42)49(67)21-23-58(62(7)8)24-29-73-30-25-58/h12-13,15-17,19-20,26,31,33,37-38,42,46-47,51,61H,11,14,18,22,24-25,27-30,32,34-36H2,1-10H3,(H,60,68)/t38-,42-,46-,47-,51?/m0/s1. The van der Waals surface area contributed by atoms with Crippen LogP contribution in [0, 0.1) is 29.1 Å². The Bertz CT molecular complexity index is 2800. The first-order valence-corrected chi connectivity index (χ1v) is 26.5. The molecule has 0 spiro atoms. The lowest BCUT2D eigenvalue weighted by molar-refractivity contribution is -0.155. The number of aryl methyl sites for hydroxylation is 1. The summed E-state index contributed by atoms with van der Waals surface area (Å²) in [6.07, 6.45) is 5.09. The lowest BCUT2D eigenvalue weighted by atomic mass is 9.84. The van der Waals surface area contributed by atoms with Gasteiger partial charge in [0.05, 0.1) is 35.6 Å². The number of hydrazine groups is 1. The number of rotatable bonds is 10. The Morgan fingerprint density at radius 2 is 1.74 bits per heavy atom. The number of hydrogen-bond acceptors (Lipinski definition) is 11. The Labute approximate surface area is 436 Å². The van der Waals surface area contributed by atoms with Gasteiger partial charge in [0, 0.05) is 101 Å². The average molecular weight is 1010 g/mol. The maximum atomic E-state index is 14.9. The van der Waals surface area contributed by atoms with E-state index in [1.807, 2.05) is 58.0 Å². The van der Waals surface area contributed by atoms with Crippen LogP contribution in [-0.2, 0) is 57.6 Å². The van der Waals surface area contributed by atoms with Gasteiger partial charge in [-0.2, -0.15) is 0 Å². The summed E-state index contributed by atoms with van der Waals surface area (Å²) in [5.41, 5.74) is 10.00. The van der Waals surface area contributed by atoms with Crippen LogP contribution in [0.15, 0.2) is 60.8 Å². The largest absolute Gasteiger partial charge is 0.464 e. The van der Waals surface area contributed by atoms with Crippen LogP contribution in [0.4, 0.5) is 0 Å². The van der Waals surface area contributed by atoms with Crippen molar-refractivity contribution >= 4 is 40.5 Å². The highest BCUT2D eigenvalue weighted by Crippen LogP contribution is 2.42. The number of amides is 4. The molecule has 0 saturated carbocycles. The van der Waals surface area contributed by atoms with E-state index < -0.39 is 52.8 Å². The summed E-state index contributed by atoms with van der Waals surface area (Å²) in [5.74, 6) is 3.35. The molecule has 4 amide bonds. The molecule has 4 aromatic rings. The molecule has 6 heterocycles. The summed E-state index contributed by atoms with van der Waals surface area (Å²) in [5, 5.41) is 5.61. The van der Waals surface area contributed by atoms with Crippen LogP contribution < -0.4 is 10.7 Å². The fourth-order valence-electron chi connectivity index (χ4n) is 11.4. The van der Waals surface area contributed by atoms with E-state index in [9.17, 15) is 24.0 Å². The second-order valence-corrected chi connectivity index (χ2v) is 22.0. The van der Waals surface area contributed by atoms with E-state index in [0.717, 1.165) is 50.1 Å². The first-order chi connectivity index (χ1) is 35.3. The molecule has 1 unspecified atom stereocenters. The Morgan fingerprint density at radius 1 is 0.986 bits per heavy atom. The third kappa shape index (κ3) is 11.4. The summed E-state index contributed by atoms with van der Waals surface area (Å²) in [6.45, 7) is 15.0. The second-order valence-electron chi connectivity index (χ2n) is 22.0. The number of esters is 1. The van der Waals surface area contributed by atoms with Crippen LogP contribution in [-0.4, -0.2) is 150 Å². The van der Waals surface area contributed by atoms with E-state index >= 15 is 0 Å². The number of benzene rings is 2. The van der Waals surface area contributed by atoms with Crippen molar-refractivity contribution in [2.75, 3.05) is 67.7 Å². The molecule has 396 valence electrons. The molecule has 2 aromatic carbocycles. The molecule has 3 saturated heterocycles. The number of likely N-dealkylation sites (N-methyl/N-ethyl adjacent to an activating group) is 1. The van der Waals surface area contributed by atoms with Crippen molar-refractivity contribution in [1.29, 1.82) is 0 Å². The molecule has 6 bridgehead atoms. The summed E-state index contributed by atoms with van der Waals surface area (Å²) in [6, 6.07) is 15.8. The van der Waals surface area contributed by atoms with Gasteiger partial charge in [0.1, 0.15) is 18.1 Å². The van der Waals surface area contributed by atoms with Gasteiger partial charge in [-0.3, -0.25) is 38.9 Å². The molecule has 74 heavy (non-hydrogen) atoms. The van der Waals surface area contributed by atoms with Crippen molar-refractivity contribution in [1.82, 2.24) is 40.0 Å². The van der Waals surface area contributed by atoms with Gasteiger partial charge in [-0.25, -0.2) is 5.43 Å². The molecule has 16 heteroatoms. The predicted molar refractivity (Wildman–Crippen MR) is 284 cm³/mol. The van der Waals surface area contributed by atoms with Gasteiger partial charge in [-0.1, -0.05) is 63.9 Å². The van der Waals surface area contributed by atoms with E-state index in [0.29, 0.717) is 71.4 Å². The monoisotopic (exact) mass is 1010 g/mol. The maximum Gasteiger partial charge on any atom is 0.324 e. The van der Waals surface area contributed by atoms with Crippen molar-refractivity contribution in [2.45, 2.75) is 123 Å². The fourth-order valence-corrected chi connectivity index (χ4v) is 11.4. The third-order valence-corrected chi connectivity index (χ3v) is 15.7. The minimum Gasteiger partial charge on any atom is -0.464 e. The Hall–Kier alpha value is -6.12. The molecule has 3 fully saturated rings. The number of cyclic esters (lactones) is 1. The van der Waals surface area contributed by atoms with E-state index in [4.69, 9.17) is 19.2 Å². The van der Waals surface area contributed by atoms with Crippen LogP contribution in [0.25, 0.3) is 33.3 Å². The molecule has 0 aliphatic carbocycles. The highest BCUT2D eigenvalue weighted by molar-refractivity contribution is 5.97. The minimum atomic E-state index is -1.07. The molecule has 2 N–H and O–H groups in total. The van der Waals surface area contributed by atoms with Gasteiger partial charge in [0.15, 0.2) is 0 Å². The van der Waals surface area contributed by atoms with Gasteiger partial charge in [0.2, 0.25) is 11.8 Å². The maximum absolute atomic E-state index is 14.9. The summed E-state index contributed by atoms with van der Waals surface area (Å²) < 4.78 is 19.9. The normalized spacial score (nSPS) is 21.9. The smallest absolute Gasteiger partial charge is 0.324 e. The zero-order valence-electron chi connectivity index (χ0n) is 45.1. The average Bonchev–Trinajstić information content (AvgIpc) is 4.01. The van der Waals surface area contributed by atoms with Gasteiger partial charge < -0.3 is 33.9 Å². The number of carbonyl (C=O) groups is 5. The summed E-state index contributed by atoms with van der Waals surface area (Å²) in [4.78, 5) is 81.4. The van der Waals surface area contributed by atoms with Crippen LogP contribution in [0.3, 0.4) is 0 Å². The third-order valence-electron chi connectivity index (χ3n) is 15.7. The van der Waals surface area contributed by atoms with E-state index in [1.165, 1.54) is 9.91 Å². The number of likely N-dealkylation sites (tertiary alicyclic amines) is 1. The number of fused-ring (bicyclic) bond motifs is 6. The number of carbonyl (C=O) groups excluding carboxylic acids is 5. The number of ether oxygens (including phenoxy) is 3. The van der Waals surface area contributed by atoms with Gasteiger partial charge in [-0.15, -0.1) is 0 Å². The number of aromatic nitrogens is 2. The lowest BCUT2D eigenvalue weighted by Crippen LogP contribution is -2.62. The van der Waals surface area contributed by atoms with Crippen molar-refractivity contribution in [2.24, 2.45) is 17.3 Å². The molecule has 0 radical (unpaired) electrons. The first-order valence-electron chi connectivity index (χ1n) is 26.5. The summed E-state index contributed by atoms with van der Waals surface area (Å²) >= 11 is 0. The fraction of sp³-hybridized carbons (Fsp3) is 0.552. The molecule has 4 aliphatic heterocycles.